The summed E-state index contributed by atoms with van der Waals surface area (Å²) in [6.07, 6.45) is 1.84. The van der Waals surface area contributed by atoms with Gasteiger partial charge in [0.25, 0.3) is 0 Å². The van der Waals surface area contributed by atoms with Gasteiger partial charge in [0.05, 0.1) is 11.2 Å². The number of ether oxygens (including phenoxy) is 1. The van der Waals surface area contributed by atoms with Crippen molar-refractivity contribution in [3.63, 3.8) is 0 Å². The minimum Gasteiger partial charge on any atom is -0.359 e. The maximum atomic E-state index is 10.7. The Hall–Kier alpha value is -1.68. The van der Waals surface area contributed by atoms with Gasteiger partial charge in [0.2, 0.25) is 0 Å². The van der Waals surface area contributed by atoms with Crippen molar-refractivity contribution in [1.82, 2.24) is 9.78 Å². The zero-order valence-corrected chi connectivity index (χ0v) is 10.1. The normalized spacial score (nSPS) is 10.9. The molecule has 0 atom stereocenters. The molecule has 0 unspecified atom stereocenters. The average molecular weight is 232 g/mol. The molecule has 1 aromatic heterocycles. The number of aryl methyl sites for hydroxylation is 1. The zero-order chi connectivity index (χ0) is 12.3. The van der Waals surface area contributed by atoms with E-state index in [-0.39, 0.29) is 0 Å². The molecule has 0 aliphatic carbocycles. The van der Waals surface area contributed by atoms with Gasteiger partial charge in [-0.05, 0) is 31.5 Å². The SMILES string of the molecule is CCCOCn1nc(C)c2cc(C=O)ccc21. The summed E-state index contributed by atoms with van der Waals surface area (Å²) in [7, 11) is 0. The van der Waals surface area contributed by atoms with Crippen molar-refractivity contribution in [2.45, 2.75) is 27.0 Å². The molecule has 0 aliphatic rings. The van der Waals surface area contributed by atoms with Gasteiger partial charge in [-0.25, -0.2) is 4.68 Å². The quantitative estimate of drug-likeness (QED) is 0.587. The van der Waals surface area contributed by atoms with E-state index in [1.807, 2.05) is 23.7 Å². The maximum absolute atomic E-state index is 10.7. The van der Waals surface area contributed by atoms with Crippen LogP contribution in [-0.4, -0.2) is 22.7 Å². The molecule has 0 aliphatic heterocycles. The second kappa shape index (κ2) is 5.10. The number of rotatable bonds is 5. The summed E-state index contributed by atoms with van der Waals surface area (Å²) in [6, 6.07) is 5.57. The van der Waals surface area contributed by atoms with Crippen molar-refractivity contribution in [1.29, 1.82) is 0 Å². The van der Waals surface area contributed by atoms with E-state index in [0.717, 1.165) is 35.9 Å². The molecule has 0 N–H and O–H groups in total. The maximum Gasteiger partial charge on any atom is 0.150 e. The molecule has 90 valence electrons. The van der Waals surface area contributed by atoms with Gasteiger partial charge in [0.1, 0.15) is 13.0 Å². The lowest BCUT2D eigenvalue weighted by Crippen LogP contribution is -2.04. The first-order chi connectivity index (χ1) is 8.26. The lowest BCUT2D eigenvalue weighted by molar-refractivity contribution is 0.0721. The molecule has 0 bridgehead atoms. The summed E-state index contributed by atoms with van der Waals surface area (Å²) in [6.45, 7) is 5.20. The Kier molecular flexibility index (Phi) is 3.54. The third-order valence-electron chi connectivity index (χ3n) is 2.66. The van der Waals surface area contributed by atoms with Crippen LogP contribution in [0.4, 0.5) is 0 Å². The molecule has 0 saturated carbocycles. The Balaban J connectivity index is 2.34. The highest BCUT2D eigenvalue weighted by molar-refractivity contribution is 5.88. The number of hydrogen-bond acceptors (Lipinski definition) is 3. The fraction of sp³-hybridized carbons (Fsp3) is 0.385. The highest BCUT2D eigenvalue weighted by Gasteiger charge is 2.07. The van der Waals surface area contributed by atoms with Gasteiger partial charge in [-0.2, -0.15) is 5.10 Å². The molecule has 4 nitrogen and oxygen atoms in total. The molecule has 1 aromatic carbocycles. The number of aldehydes is 1. The Bertz CT molecular complexity index is 531. The van der Waals surface area contributed by atoms with Crippen molar-refractivity contribution >= 4 is 17.2 Å². The summed E-state index contributed by atoms with van der Waals surface area (Å²) >= 11 is 0. The number of benzene rings is 1. The molecule has 0 fully saturated rings. The molecule has 0 radical (unpaired) electrons. The van der Waals surface area contributed by atoms with Crippen molar-refractivity contribution in [3.8, 4) is 0 Å². The summed E-state index contributed by atoms with van der Waals surface area (Å²) < 4.78 is 7.31. The third-order valence-corrected chi connectivity index (χ3v) is 2.66. The Labute approximate surface area is 100 Å². The summed E-state index contributed by atoms with van der Waals surface area (Å²) in [5, 5.41) is 5.42. The van der Waals surface area contributed by atoms with Gasteiger partial charge < -0.3 is 4.74 Å². The fourth-order valence-electron chi connectivity index (χ4n) is 1.82. The smallest absolute Gasteiger partial charge is 0.150 e. The molecular formula is C13H16N2O2. The van der Waals surface area contributed by atoms with Crippen LogP contribution in [0.5, 0.6) is 0 Å². The van der Waals surface area contributed by atoms with Crippen LogP contribution >= 0.6 is 0 Å². The molecule has 4 heteroatoms. The number of aromatic nitrogens is 2. The van der Waals surface area contributed by atoms with Crippen LogP contribution in [-0.2, 0) is 11.5 Å². The van der Waals surface area contributed by atoms with Gasteiger partial charge in [0.15, 0.2) is 0 Å². The minimum absolute atomic E-state index is 0.457. The van der Waals surface area contributed by atoms with Crippen LogP contribution in [0.2, 0.25) is 0 Å². The zero-order valence-electron chi connectivity index (χ0n) is 10.1. The monoisotopic (exact) mass is 232 g/mol. The summed E-state index contributed by atoms with van der Waals surface area (Å²) in [5.74, 6) is 0. The largest absolute Gasteiger partial charge is 0.359 e. The van der Waals surface area contributed by atoms with Crippen LogP contribution in [0, 0.1) is 6.92 Å². The van der Waals surface area contributed by atoms with E-state index in [9.17, 15) is 4.79 Å². The van der Waals surface area contributed by atoms with Crippen LogP contribution in [0.25, 0.3) is 10.9 Å². The second-order valence-corrected chi connectivity index (χ2v) is 4.02. The lowest BCUT2D eigenvalue weighted by atomic mass is 10.1. The molecule has 2 aromatic rings. The van der Waals surface area contributed by atoms with E-state index < -0.39 is 0 Å². The highest BCUT2D eigenvalue weighted by Crippen LogP contribution is 2.19. The van der Waals surface area contributed by atoms with Crippen LogP contribution in [0.15, 0.2) is 18.2 Å². The number of fused-ring (bicyclic) bond motifs is 1. The van der Waals surface area contributed by atoms with E-state index in [0.29, 0.717) is 12.3 Å². The van der Waals surface area contributed by atoms with Gasteiger partial charge in [-0.15, -0.1) is 0 Å². The van der Waals surface area contributed by atoms with Crippen molar-refractivity contribution in [2.24, 2.45) is 0 Å². The molecule has 0 amide bonds. The number of carbonyl (C=O) groups is 1. The molecular weight excluding hydrogens is 216 g/mol. The molecule has 2 rings (SSSR count). The predicted octanol–water partition coefficient (Wildman–Crippen LogP) is 2.54. The van der Waals surface area contributed by atoms with Gasteiger partial charge >= 0.3 is 0 Å². The van der Waals surface area contributed by atoms with E-state index >= 15 is 0 Å². The van der Waals surface area contributed by atoms with Crippen molar-refractivity contribution < 1.29 is 9.53 Å². The van der Waals surface area contributed by atoms with Crippen molar-refractivity contribution in [2.75, 3.05) is 6.61 Å². The Morgan fingerprint density at radius 2 is 2.29 bits per heavy atom. The van der Waals surface area contributed by atoms with Crippen molar-refractivity contribution in [3.05, 3.63) is 29.5 Å². The molecule has 0 spiro atoms. The Morgan fingerprint density at radius 1 is 1.47 bits per heavy atom. The lowest BCUT2D eigenvalue weighted by Gasteiger charge is -2.04. The van der Waals surface area contributed by atoms with Crippen LogP contribution in [0.3, 0.4) is 0 Å². The average Bonchev–Trinajstić information content (AvgIpc) is 2.66. The summed E-state index contributed by atoms with van der Waals surface area (Å²) in [5.41, 5.74) is 2.60. The third kappa shape index (κ3) is 2.36. The summed E-state index contributed by atoms with van der Waals surface area (Å²) in [4.78, 5) is 10.7. The second-order valence-electron chi connectivity index (χ2n) is 4.02. The van der Waals surface area contributed by atoms with E-state index in [1.54, 1.807) is 6.07 Å². The number of carbonyl (C=O) groups excluding carboxylic acids is 1. The number of nitrogens with zero attached hydrogens (tertiary/aromatic N) is 2. The van der Waals surface area contributed by atoms with E-state index in [4.69, 9.17) is 4.74 Å². The van der Waals surface area contributed by atoms with Gasteiger partial charge in [-0.1, -0.05) is 6.92 Å². The first kappa shape index (κ1) is 11.8. The van der Waals surface area contributed by atoms with Gasteiger partial charge in [-0.3, -0.25) is 4.79 Å². The van der Waals surface area contributed by atoms with Crippen LogP contribution in [0.1, 0.15) is 29.4 Å². The van der Waals surface area contributed by atoms with E-state index in [1.165, 1.54) is 0 Å². The number of hydrogen-bond donors (Lipinski definition) is 0. The first-order valence-electron chi connectivity index (χ1n) is 5.76. The highest BCUT2D eigenvalue weighted by atomic mass is 16.5. The molecule has 0 saturated heterocycles. The minimum atomic E-state index is 0.457. The predicted molar refractivity (Wildman–Crippen MR) is 66.1 cm³/mol. The standard InChI is InChI=1S/C13H16N2O2/c1-3-6-17-9-15-13-5-4-11(8-16)7-12(13)10(2)14-15/h4-5,7-8H,3,6,9H2,1-2H3. The van der Waals surface area contributed by atoms with Gasteiger partial charge in [0, 0.05) is 17.6 Å². The van der Waals surface area contributed by atoms with Crippen LogP contribution < -0.4 is 0 Å². The Morgan fingerprint density at radius 3 is 3.00 bits per heavy atom. The molecule has 1 heterocycles. The fourth-order valence-corrected chi connectivity index (χ4v) is 1.82. The van der Waals surface area contributed by atoms with E-state index in [2.05, 4.69) is 12.0 Å². The first-order valence-corrected chi connectivity index (χ1v) is 5.76. The molecule has 17 heavy (non-hydrogen) atoms. The topological polar surface area (TPSA) is 44.1 Å².